The summed E-state index contributed by atoms with van der Waals surface area (Å²) >= 11 is 0. The standard InChI is InChI=1S/C17H15FO2/c1-12(10-17(19)20-2)13-6-5-7-14(11-13)15-8-3-4-9-16(15)18/h3-11H,1-2H3/b12-10+. The number of esters is 1. The number of hydrogen-bond donors (Lipinski definition) is 0. The lowest BCUT2D eigenvalue weighted by atomic mass is 9.99. The van der Waals surface area contributed by atoms with Gasteiger partial charge < -0.3 is 4.74 Å². The highest BCUT2D eigenvalue weighted by atomic mass is 19.1. The maximum atomic E-state index is 13.8. The third-order valence-corrected chi connectivity index (χ3v) is 3.04. The quantitative estimate of drug-likeness (QED) is 0.620. The van der Waals surface area contributed by atoms with E-state index in [1.54, 1.807) is 18.2 Å². The third-order valence-electron chi connectivity index (χ3n) is 3.04. The van der Waals surface area contributed by atoms with E-state index < -0.39 is 5.97 Å². The zero-order chi connectivity index (χ0) is 14.5. The Morgan fingerprint density at radius 1 is 1.15 bits per heavy atom. The van der Waals surface area contributed by atoms with Crippen LogP contribution in [0.5, 0.6) is 0 Å². The number of halogens is 1. The minimum atomic E-state index is -0.404. The first-order chi connectivity index (χ1) is 9.61. The van der Waals surface area contributed by atoms with Crippen LogP contribution < -0.4 is 0 Å². The van der Waals surface area contributed by atoms with Crippen molar-refractivity contribution in [1.29, 1.82) is 0 Å². The lowest BCUT2D eigenvalue weighted by molar-refractivity contribution is -0.134. The molecule has 2 rings (SSSR count). The van der Waals surface area contributed by atoms with Crippen LogP contribution >= 0.6 is 0 Å². The first-order valence-electron chi connectivity index (χ1n) is 6.23. The Morgan fingerprint density at radius 2 is 1.90 bits per heavy atom. The summed E-state index contributed by atoms with van der Waals surface area (Å²) in [5.41, 5.74) is 2.95. The van der Waals surface area contributed by atoms with E-state index in [0.717, 1.165) is 16.7 Å². The molecule has 0 spiro atoms. The fourth-order valence-corrected chi connectivity index (χ4v) is 1.95. The molecule has 0 saturated carbocycles. The normalized spacial score (nSPS) is 11.2. The van der Waals surface area contributed by atoms with Gasteiger partial charge in [-0.2, -0.15) is 0 Å². The second-order valence-electron chi connectivity index (χ2n) is 4.41. The molecule has 3 heteroatoms. The number of carbonyl (C=O) groups excluding carboxylic acids is 1. The van der Waals surface area contributed by atoms with Crippen molar-refractivity contribution < 1.29 is 13.9 Å². The summed E-state index contributed by atoms with van der Waals surface area (Å²) in [6, 6.07) is 14.0. The van der Waals surface area contributed by atoms with Gasteiger partial charge in [0.2, 0.25) is 0 Å². The SMILES string of the molecule is COC(=O)/C=C(\C)c1cccc(-c2ccccc2F)c1. The maximum Gasteiger partial charge on any atom is 0.330 e. The Labute approximate surface area is 117 Å². The van der Waals surface area contributed by atoms with Crippen LogP contribution in [-0.4, -0.2) is 13.1 Å². The van der Waals surface area contributed by atoms with Crippen LogP contribution in [0.4, 0.5) is 4.39 Å². The number of ether oxygens (including phenoxy) is 1. The van der Waals surface area contributed by atoms with Gasteiger partial charge in [0.05, 0.1) is 7.11 Å². The Kier molecular flexibility index (Phi) is 4.31. The van der Waals surface area contributed by atoms with Crippen molar-refractivity contribution in [2.45, 2.75) is 6.92 Å². The van der Waals surface area contributed by atoms with Gasteiger partial charge >= 0.3 is 5.97 Å². The van der Waals surface area contributed by atoms with Crippen molar-refractivity contribution in [3.63, 3.8) is 0 Å². The predicted molar refractivity (Wildman–Crippen MR) is 77.5 cm³/mol. The van der Waals surface area contributed by atoms with Crippen molar-refractivity contribution in [2.75, 3.05) is 7.11 Å². The Bertz CT molecular complexity index is 660. The van der Waals surface area contributed by atoms with E-state index >= 15 is 0 Å². The fraction of sp³-hybridized carbons (Fsp3) is 0.118. The first-order valence-corrected chi connectivity index (χ1v) is 6.23. The Balaban J connectivity index is 2.41. The molecule has 0 bridgehead atoms. The molecule has 0 heterocycles. The largest absolute Gasteiger partial charge is 0.466 e. The summed E-state index contributed by atoms with van der Waals surface area (Å²) in [5, 5.41) is 0. The summed E-state index contributed by atoms with van der Waals surface area (Å²) in [4.78, 5) is 11.2. The van der Waals surface area contributed by atoms with Gasteiger partial charge in [-0.05, 0) is 35.8 Å². The van der Waals surface area contributed by atoms with Crippen LogP contribution in [0.3, 0.4) is 0 Å². The highest BCUT2D eigenvalue weighted by Gasteiger charge is 2.06. The second-order valence-corrected chi connectivity index (χ2v) is 4.41. The average molecular weight is 270 g/mol. The van der Waals surface area contributed by atoms with Crippen molar-refractivity contribution in [2.24, 2.45) is 0 Å². The number of benzene rings is 2. The summed E-state index contributed by atoms with van der Waals surface area (Å²) in [7, 11) is 1.34. The molecule has 0 atom stereocenters. The molecule has 0 fully saturated rings. The van der Waals surface area contributed by atoms with Crippen LogP contribution in [0.2, 0.25) is 0 Å². The monoisotopic (exact) mass is 270 g/mol. The van der Waals surface area contributed by atoms with E-state index in [1.807, 2.05) is 31.2 Å². The molecule has 20 heavy (non-hydrogen) atoms. The van der Waals surface area contributed by atoms with E-state index in [1.165, 1.54) is 19.3 Å². The van der Waals surface area contributed by atoms with Crippen LogP contribution in [-0.2, 0) is 9.53 Å². The summed E-state index contributed by atoms with van der Waals surface area (Å²) in [6.45, 7) is 1.82. The smallest absolute Gasteiger partial charge is 0.330 e. The molecule has 0 aromatic heterocycles. The van der Waals surface area contributed by atoms with Crippen LogP contribution in [0.15, 0.2) is 54.6 Å². The number of hydrogen-bond acceptors (Lipinski definition) is 2. The van der Waals surface area contributed by atoms with Crippen LogP contribution in [0.1, 0.15) is 12.5 Å². The van der Waals surface area contributed by atoms with E-state index in [4.69, 9.17) is 0 Å². The molecule has 102 valence electrons. The minimum absolute atomic E-state index is 0.265. The molecule has 0 aliphatic carbocycles. The Hall–Kier alpha value is -2.42. The zero-order valence-electron chi connectivity index (χ0n) is 11.4. The molecular formula is C17H15FO2. The minimum Gasteiger partial charge on any atom is -0.466 e. The molecule has 2 nitrogen and oxygen atoms in total. The van der Waals surface area contributed by atoms with Gasteiger partial charge in [0.1, 0.15) is 5.82 Å². The molecule has 0 radical (unpaired) electrons. The van der Waals surface area contributed by atoms with Crippen LogP contribution in [0.25, 0.3) is 16.7 Å². The molecule has 0 saturated heterocycles. The number of carbonyl (C=O) groups is 1. The molecule has 0 amide bonds. The maximum absolute atomic E-state index is 13.8. The average Bonchev–Trinajstić information content (AvgIpc) is 2.47. The lowest BCUT2D eigenvalue weighted by Crippen LogP contribution is -1.96. The molecular weight excluding hydrogens is 255 g/mol. The van der Waals surface area contributed by atoms with Crippen molar-refractivity contribution in [3.8, 4) is 11.1 Å². The Morgan fingerprint density at radius 3 is 2.60 bits per heavy atom. The van der Waals surface area contributed by atoms with E-state index in [9.17, 15) is 9.18 Å². The fourth-order valence-electron chi connectivity index (χ4n) is 1.95. The number of allylic oxidation sites excluding steroid dienone is 1. The summed E-state index contributed by atoms with van der Waals surface area (Å²) in [5.74, 6) is -0.668. The van der Waals surface area contributed by atoms with Gasteiger partial charge in [-0.3, -0.25) is 0 Å². The molecule has 0 unspecified atom stereocenters. The lowest BCUT2D eigenvalue weighted by Gasteiger charge is -2.07. The van der Waals surface area contributed by atoms with Gasteiger partial charge in [0.25, 0.3) is 0 Å². The predicted octanol–water partition coefficient (Wildman–Crippen LogP) is 4.07. The van der Waals surface area contributed by atoms with E-state index in [0.29, 0.717) is 5.56 Å². The van der Waals surface area contributed by atoms with Crippen molar-refractivity contribution >= 4 is 11.5 Å². The first kappa shape index (κ1) is 14.0. The molecule has 0 aliphatic heterocycles. The molecule has 0 N–H and O–H groups in total. The summed E-state index contributed by atoms with van der Waals surface area (Å²) in [6.07, 6.45) is 1.42. The van der Waals surface area contributed by atoms with E-state index in [-0.39, 0.29) is 5.82 Å². The van der Waals surface area contributed by atoms with Gasteiger partial charge in [-0.25, -0.2) is 9.18 Å². The van der Waals surface area contributed by atoms with Crippen molar-refractivity contribution in [1.82, 2.24) is 0 Å². The zero-order valence-corrected chi connectivity index (χ0v) is 11.4. The van der Waals surface area contributed by atoms with Gasteiger partial charge in [0, 0.05) is 11.6 Å². The van der Waals surface area contributed by atoms with E-state index in [2.05, 4.69) is 4.74 Å². The molecule has 2 aromatic carbocycles. The highest BCUT2D eigenvalue weighted by molar-refractivity contribution is 5.91. The third kappa shape index (κ3) is 3.12. The van der Waals surface area contributed by atoms with Crippen LogP contribution in [0, 0.1) is 5.82 Å². The van der Waals surface area contributed by atoms with Crippen molar-refractivity contribution in [3.05, 3.63) is 66.0 Å². The van der Waals surface area contributed by atoms with Gasteiger partial charge in [0.15, 0.2) is 0 Å². The second kappa shape index (κ2) is 6.15. The molecule has 0 aliphatic rings. The number of rotatable bonds is 3. The number of methoxy groups -OCH3 is 1. The van der Waals surface area contributed by atoms with Gasteiger partial charge in [-0.15, -0.1) is 0 Å². The summed E-state index contributed by atoms with van der Waals surface area (Å²) < 4.78 is 18.4. The topological polar surface area (TPSA) is 26.3 Å². The molecule has 2 aromatic rings. The highest BCUT2D eigenvalue weighted by Crippen LogP contribution is 2.25. The van der Waals surface area contributed by atoms with Gasteiger partial charge in [-0.1, -0.05) is 36.4 Å².